The van der Waals surface area contributed by atoms with Gasteiger partial charge in [0.15, 0.2) is 0 Å². The van der Waals surface area contributed by atoms with E-state index in [4.69, 9.17) is 13.5 Å². The SMILES string of the molecule is CC(C)c1cccc(C(C)C)c1-n1c(-c2[c-]ccc3c2oc2cc(-c4ccccc4)ccc23)nc2ccccc21.[2H]C([2H])([2H])c1ccc(-c2[c-]cccc2)nc1.[Ir]. The number of hydrogen-bond donors (Lipinski definition) is 0. The van der Waals surface area contributed by atoms with Gasteiger partial charge in [-0.05, 0) is 70.4 Å². The van der Waals surface area contributed by atoms with Crippen LogP contribution in [0.1, 0.15) is 60.3 Å². The molecule has 0 aliphatic rings. The second-order valence-corrected chi connectivity index (χ2v) is 13.8. The third-order valence-corrected chi connectivity index (χ3v) is 9.64. The molecule has 0 atom stereocenters. The van der Waals surface area contributed by atoms with Gasteiger partial charge in [-0.2, -0.15) is 0 Å². The molecule has 3 aromatic heterocycles. The number of furan rings is 1. The number of para-hydroxylation sites is 3. The molecule has 0 saturated carbocycles. The van der Waals surface area contributed by atoms with Crippen molar-refractivity contribution in [3.05, 3.63) is 175 Å². The predicted octanol–water partition coefficient (Wildman–Crippen LogP) is 13.2. The van der Waals surface area contributed by atoms with Gasteiger partial charge in [0.25, 0.3) is 0 Å². The quantitative estimate of drug-likeness (QED) is 0.156. The molecule has 0 saturated heterocycles. The van der Waals surface area contributed by atoms with Gasteiger partial charge in [0, 0.05) is 41.5 Å². The first-order valence-electron chi connectivity index (χ1n) is 19.6. The Labute approximate surface area is 335 Å². The molecule has 0 spiro atoms. The Bertz CT molecular complexity index is 2760. The van der Waals surface area contributed by atoms with Crippen LogP contribution in [0.15, 0.2) is 150 Å². The van der Waals surface area contributed by atoms with Gasteiger partial charge in [-0.25, -0.2) is 0 Å². The minimum atomic E-state index is -2.09. The van der Waals surface area contributed by atoms with E-state index in [-0.39, 0.29) is 25.7 Å². The Morgan fingerprint density at radius 2 is 1.44 bits per heavy atom. The molecule has 54 heavy (non-hydrogen) atoms. The standard InChI is InChI=1S/C37H31N2O.C12H10N.Ir/c1-23(2)27-14-10-15-28(24(3)4)35(27)39-33-19-9-8-18-32(33)38-37(39)31-17-11-16-30-29-21-20-26(22-34(29)40-36(30)31)25-12-6-5-7-13-25;1-10-7-8-12(13-9-10)11-5-3-2-4-6-11;/h5-16,18-24H,1-4H3;2-5,7-9H,1H3;/q2*-1;/i;1D3;. The molecule has 9 rings (SSSR count). The average Bonchev–Trinajstić information content (AvgIpc) is 3.79. The fraction of sp³-hybridized carbons (Fsp3) is 0.143. The second-order valence-electron chi connectivity index (χ2n) is 13.8. The van der Waals surface area contributed by atoms with Gasteiger partial charge in [0.2, 0.25) is 0 Å². The zero-order valence-electron chi connectivity index (χ0n) is 33.6. The van der Waals surface area contributed by atoms with E-state index in [1.54, 1.807) is 18.2 Å². The molecule has 0 aliphatic carbocycles. The topological polar surface area (TPSA) is 43.9 Å². The molecule has 4 nitrogen and oxygen atoms in total. The molecule has 0 bridgehead atoms. The first-order chi connectivity index (χ1) is 27.1. The van der Waals surface area contributed by atoms with Crippen molar-refractivity contribution in [2.24, 2.45) is 0 Å². The van der Waals surface area contributed by atoms with E-state index in [0.29, 0.717) is 11.8 Å². The minimum Gasteiger partial charge on any atom is -0.501 e. The zero-order valence-corrected chi connectivity index (χ0v) is 33.0. The van der Waals surface area contributed by atoms with Crippen LogP contribution in [0.25, 0.3) is 72.4 Å². The normalized spacial score (nSPS) is 12.3. The summed E-state index contributed by atoms with van der Waals surface area (Å²) in [5.74, 6) is 1.55. The molecule has 0 unspecified atom stereocenters. The van der Waals surface area contributed by atoms with Crippen LogP contribution >= 0.6 is 0 Å². The third kappa shape index (κ3) is 7.06. The van der Waals surface area contributed by atoms with Gasteiger partial charge in [-0.15, -0.1) is 54.1 Å². The number of nitrogens with zero attached hydrogens (tertiary/aromatic N) is 3. The van der Waals surface area contributed by atoms with Gasteiger partial charge < -0.3 is 14.0 Å². The maximum atomic E-state index is 7.23. The fourth-order valence-electron chi connectivity index (χ4n) is 7.01. The summed E-state index contributed by atoms with van der Waals surface area (Å²) in [6.45, 7) is 6.96. The molecule has 1 radical (unpaired) electrons. The number of pyridine rings is 1. The van der Waals surface area contributed by atoms with Crippen LogP contribution in [0.3, 0.4) is 0 Å². The number of rotatable bonds is 6. The van der Waals surface area contributed by atoms with E-state index >= 15 is 0 Å². The molecule has 3 heterocycles. The summed E-state index contributed by atoms with van der Waals surface area (Å²) in [5, 5.41) is 2.17. The number of fused-ring (bicyclic) bond motifs is 4. The Hall–Kier alpha value is -5.61. The summed E-state index contributed by atoms with van der Waals surface area (Å²) >= 11 is 0. The molecule has 6 aromatic carbocycles. The smallest absolute Gasteiger partial charge is 0.121 e. The predicted molar refractivity (Wildman–Crippen MR) is 219 cm³/mol. The van der Waals surface area contributed by atoms with Crippen molar-refractivity contribution in [2.45, 2.75) is 46.4 Å². The van der Waals surface area contributed by atoms with Crippen LogP contribution in [-0.4, -0.2) is 14.5 Å². The minimum absolute atomic E-state index is 0. The maximum Gasteiger partial charge on any atom is 0.121 e. The van der Waals surface area contributed by atoms with Crippen molar-refractivity contribution < 1.29 is 28.6 Å². The molecular weight excluding hydrogens is 839 g/mol. The van der Waals surface area contributed by atoms with Crippen LogP contribution in [0.4, 0.5) is 0 Å². The van der Waals surface area contributed by atoms with E-state index in [9.17, 15) is 0 Å². The van der Waals surface area contributed by atoms with Gasteiger partial charge in [0.1, 0.15) is 5.58 Å². The van der Waals surface area contributed by atoms with Crippen LogP contribution in [0.2, 0.25) is 0 Å². The van der Waals surface area contributed by atoms with E-state index in [1.807, 2.05) is 30.3 Å². The fourth-order valence-corrected chi connectivity index (χ4v) is 7.01. The summed E-state index contributed by atoms with van der Waals surface area (Å²) in [5.41, 5.74) is 12.6. The Morgan fingerprint density at radius 1 is 0.685 bits per heavy atom. The average molecular weight is 883 g/mol. The summed E-state index contributed by atoms with van der Waals surface area (Å²) < 4.78 is 30.7. The van der Waals surface area contributed by atoms with E-state index in [0.717, 1.165) is 61.2 Å². The molecule has 9 aromatic rings. The van der Waals surface area contributed by atoms with Crippen LogP contribution in [0.5, 0.6) is 0 Å². The van der Waals surface area contributed by atoms with Gasteiger partial charge in [-0.3, -0.25) is 4.98 Å². The molecular formula is C49H41IrN3O-2. The van der Waals surface area contributed by atoms with E-state index < -0.39 is 6.85 Å². The molecule has 0 fully saturated rings. The van der Waals surface area contributed by atoms with Crippen molar-refractivity contribution in [1.29, 1.82) is 0 Å². The summed E-state index contributed by atoms with van der Waals surface area (Å²) in [4.78, 5) is 9.34. The Kier molecular flexibility index (Phi) is 9.64. The van der Waals surface area contributed by atoms with Crippen molar-refractivity contribution in [3.63, 3.8) is 0 Å². The molecule has 0 N–H and O–H groups in total. The molecule has 5 heteroatoms. The van der Waals surface area contributed by atoms with Gasteiger partial charge >= 0.3 is 0 Å². The zero-order chi connectivity index (χ0) is 39.0. The first kappa shape index (κ1) is 33.0. The number of imidazole rings is 1. The summed E-state index contributed by atoms with van der Waals surface area (Å²) in [6.07, 6.45) is 1.39. The van der Waals surface area contributed by atoms with E-state index in [2.05, 4.69) is 140 Å². The maximum absolute atomic E-state index is 7.23. The van der Waals surface area contributed by atoms with Crippen LogP contribution in [-0.2, 0) is 20.1 Å². The van der Waals surface area contributed by atoms with Crippen LogP contribution in [0, 0.1) is 19.0 Å². The van der Waals surface area contributed by atoms with Gasteiger partial charge in [-0.1, -0.05) is 124 Å². The third-order valence-electron chi connectivity index (χ3n) is 9.64. The molecule has 0 aliphatic heterocycles. The Morgan fingerprint density at radius 3 is 2.15 bits per heavy atom. The van der Waals surface area contributed by atoms with Crippen molar-refractivity contribution >= 4 is 33.0 Å². The van der Waals surface area contributed by atoms with Crippen molar-refractivity contribution in [1.82, 2.24) is 14.5 Å². The summed E-state index contributed by atoms with van der Waals surface area (Å²) in [7, 11) is 0. The number of aromatic nitrogens is 3. The monoisotopic (exact) mass is 883 g/mol. The largest absolute Gasteiger partial charge is 0.501 e. The Balaban J connectivity index is 0.000000246. The second kappa shape index (κ2) is 15.8. The van der Waals surface area contributed by atoms with Crippen molar-refractivity contribution in [2.75, 3.05) is 0 Å². The van der Waals surface area contributed by atoms with E-state index in [1.165, 1.54) is 28.6 Å². The summed E-state index contributed by atoms with van der Waals surface area (Å²) in [6, 6.07) is 53.4. The van der Waals surface area contributed by atoms with Gasteiger partial charge in [0.05, 0.1) is 22.4 Å². The number of hydrogen-bond acceptors (Lipinski definition) is 3. The first-order valence-corrected chi connectivity index (χ1v) is 18.1. The number of aryl methyl sites for hydroxylation is 1. The number of benzene rings is 6. The van der Waals surface area contributed by atoms with Crippen LogP contribution < -0.4 is 0 Å². The van der Waals surface area contributed by atoms with Crippen molar-refractivity contribution in [3.8, 4) is 39.5 Å². The molecule has 0 amide bonds. The molecule has 269 valence electrons.